The highest BCUT2D eigenvalue weighted by molar-refractivity contribution is 5.79. The number of amides is 1. The molecule has 1 N–H and O–H groups in total. The van der Waals surface area contributed by atoms with Gasteiger partial charge in [0.15, 0.2) is 0 Å². The van der Waals surface area contributed by atoms with Crippen LogP contribution in [0.4, 0.5) is 11.5 Å². The van der Waals surface area contributed by atoms with Crippen molar-refractivity contribution in [3.63, 3.8) is 0 Å². The van der Waals surface area contributed by atoms with E-state index in [-0.39, 0.29) is 11.8 Å². The van der Waals surface area contributed by atoms with Crippen LogP contribution in [0.5, 0.6) is 0 Å². The third-order valence-corrected chi connectivity index (χ3v) is 6.36. The molecule has 1 aromatic carbocycles. The quantitative estimate of drug-likeness (QED) is 0.691. The third-order valence-electron chi connectivity index (χ3n) is 6.36. The van der Waals surface area contributed by atoms with Gasteiger partial charge in [0.25, 0.3) is 0 Å². The number of hydrogen-bond acceptors (Lipinski definition) is 6. The fraction of sp³-hybridized carbons (Fsp3) is 0.542. The highest BCUT2D eigenvalue weighted by Gasteiger charge is 2.26. The number of hydrogen-bond donors (Lipinski definition) is 1. The van der Waals surface area contributed by atoms with E-state index in [4.69, 9.17) is 0 Å². The van der Waals surface area contributed by atoms with E-state index in [0.717, 1.165) is 77.4 Å². The van der Waals surface area contributed by atoms with Crippen molar-refractivity contribution in [2.45, 2.75) is 26.2 Å². The maximum Gasteiger partial charge on any atom is 0.224 e. The van der Waals surface area contributed by atoms with E-state index in [9.17, 15) is 4.79 Å². The molecular formula is C24H34N6O. The van der Waals surface area contributed by atoms with Crippen molar-refractivity contribution in [1.82, 2.24) is 20.2 Å². The molecule has 31 heavy (non-hydrogen) atoms. The van der Waals surface area contributed by atoms with Crippen molar-refractivity contribution < 1.29 is 4.79 Å². The highest BCUT2D eigenvalue weighted by atomic mass is 16.1. The Balaban J connectivity index is 1.14. The van der Waals surface area contributed by atoms with Gasteiger partial charge in [-0.25, -0.2) is 4.98 Å². The number of aryl methyl sites for hydroxylation is 1. The fourth-order valence-corrected chi connectivity index (χ4v) is 4.57. The van der Waals surface area contributed by atoms with Gasteiger partial charge >= 0.3 is 0 Å². The molecule has 0 aliphatic carbocycles. The molecule has 1 amide bonds. The van der Waals surface area contributed by atoms with Crippen molar-refractivity contribution >= 4 is 17.4 Å². The Kier molecular flexibility index (Phi) is 7.35. The van der Waals surface area contributed by atoms with E-state index < -0.39 is 0 Å². The van der Waals surface area contributed by atoms with E-state index in [1.54, 1.807) is 18.6 Å². The van der Waals surface area contributed by atoms with Crippen molar-refractivity contribution in [2.24, 2.45) is 5.92 Å². The minimum Gasteiger partial charge on any atom is -0.369 e. The lowest BCUT2D eigenvalue weighted by Gasteiger charge is -2.36. The molecule has 1 aromatic heterocycles. The monoisotopic (exact) mass is 422 g/mol. The van der Waals surface area contributed by atoms with Crippen LogP contribution in [0.1, 0.15) is 24.8 Å². The number of nitrogens with zero attached hydrogens (tertiary/aromatic N) is 5. The molecule has 0 bridgehead atoms. The molecule has 7 nitrogen and oxygen atoms in total. The summed E-state index contributed by atoms with van der Waals surface area (Å²) in [6.07, 6.45) is 8.12. The number of aromatic nitrogens is 2. The van der Waals surface area contributed by atoms with Crippen LogP contribution >= 0.6 is 0 Å². The Morgan fingerprint density at radius 3 is 2.77 bits per heavy atom. The van der Waals surface area contributed by atoms with Crippen LogP contribution in [0.2, 0.25) is 0 Å². The largest absolute Gasteiger partial charge is 0.369 e. The van der Waals surface area contributed by atoms with Gasteiger partial charge in [-0.2, -0.15) is 0 Å². The second-order valence-electron chi connectivity index (χ2n) is 8.66. The molecule has 1 unspecified atom stereocenters. The van der Waals surface area contributed by atoms with Crippen LogP contribution in [-0.4, -0.2) is 73.1 Å². The van der Waals surface area contributed by atoms with Crippen LogP contribution in [0, 0.1) is 12.8 Å². The molecule has 2 aliphatic heterocycles. The van der Waals surface area contributed by atoms with Crippen molar-refractivity contribution in [1.29, 1.82) is 0 Å². The van der Waals surface area contributed by atoms with Gasteiger partial charge < -0.3 is 15.1 Å². The molecule has 7 heteroatoms. The van der Waals surface area contributed by atoms with E-state index in [2.05, 4.69) is 61.2 Å². The molecule has 166 valence electrons. The molecule has 4 rings (SSSR count). The Morgan fingerprint density at radius 1 is 1.13 bits per heavy atom. The van der Waals surface area contributed by atoms with Gasteiger partial charge in [-0.1, -0.05) is 12.1 Å². The smallest absolute Gasteiger partial charge is 0.224 e. The number of anilines is 2. The number of nitrogens with one attached hydrogen (secondary N) is 1. The van der Waals surface area contributed by atoms with Crippen LogP contribution in [0.3, 0.4) is 0 Å². The normalized spacial score (nSPS) is 20.0. The molecule has 2 aromatic rings. The summed E-state index contributed by atoms with van der Waals surface area (Å²) in [5, 5.41) is 3.17. The van der Waals surface area contributed by atoms with Crippen molar-refractivity contribution in [3.8, 4) is 0 Å². The van der Waals surface area contributed by atoms with Crippen LogP contribution in [-0.2, 0) is 4.79 Å². The number of piperidine rings is 1. The van der Waals surface area contributed by atoms with E-state index in [1.807, 2.05) is 0 Å². The van der Waals surface area contributed by atoms with Crippen molar-refractivity contribution in [2.75, 3.05) is 62.2 Å². The highest BCUT2D eigenvalue weighted by Crippen LogP contribution is 2.21. The first kappa shape index (κ1) is 21.6. The Labute approximate surface area is 185 Å². The second-order valence-corrected chi connectivity index (χ2v) is 8.66. The summed E-state index contributed by atoms with van der Waals surface area (Å²) in [4.78, 5) is 28.3. The molecule has 1 atom stereocenters. The minimum atomic E-state index is 0.0358. The Morgan fingerprint density at radius 2 is 2.00 bits per heavy atom. The summed E-state index contributed by atoms with van der Waals surface area (Å²) in [6.45, 7) is 9.90. The molecule has 0 radical (unpaired) electrons. The SMILES string of the molecule is Cc1cccc(N2CCN(CCCNC(=O)C3CCCN(c4cnccn4)C3)CC2)c1. The number of piperazine rings is 1. The fourth-order valence-electron chi connectivity index (χ4n) is 4.57. The Bertz CT molecular complexity index is 837. The number of benzene rings is 1. The van der Waals surface area contributed by atoms with Gasteiger partial charge in [-0.3, -0.25) is 14.7 Å². The van der Waals surface area contributed by atoms with E-state index in [1.165, 1.54) is 11.3 Å². The van der Waals surface area contributed by atoms with Crippen molar-refractivity contribution in [3.05, 3.63) is 48.4 Å². The average molecular weight is 423 g/mol. The lowest BCUT2D eigenvalue weighted by Crippen LogP contribution is -2.47. The van der Waals surface area contributed by atoms with Gasteiger partial charge in [-0.15, -0.1) is 0 Å². The second kappa shape index (κ2) is 10.6. The lowest BCUT2D eigenvalue weighted by molar-refractivity contribution is -0.125. The topological polar surface area (TPSA) is 64.6 Å². The van der Waals surface area contributed by atoms with Gasteiger partial charge in [0.05, 0.1) is 12.1 Å². The molecule has 3 heterocycles. The van der Waals surface area contributed by atoms with E-state index in [0.29, 0.717) is 0 Å². The number of rotatable bonds is 7. The summed E-state index contributed by atoms with van der Waals surface area (Å²) < 4.78 is 0. The Hall–Kier alpha value is -2.67. The predicted octanol–water partition coefficient (Wildman–Crippen LogP) is 2.33. The summed E-state index contributed by atoms with van der Waals surface area (Å²) >= 11 is 0. The third kappa shape index (κ3) is 5.94. The molecule has 0 spiro atoms. The van der Waals surface area contributed by atoms with Gasteiger partial charge in [0.1, 0.15) is 5.82 Å². The number of carbonyl (C=O) groups excluding carboxylic acids is 1. The zero-order valence-corrected chi connectivity index (χ0v) is 18.5. The lowest BCUT2D eigenvalue weighted by atomic mass is 9.97. The average Bonchev–Trinajstić information content (AvgIpc) is 2.83. The summed E-state index contributed by atoms with van der Waals surface area (Å²) in [5.74, 6) is 1.08. The van der Waals surface area contributed by atoms with Gasteiger partial charge in [0.2, 0.25) is 5.91 Å². The molecule has 2 aliphatic rings. The van der Waals surface area contributed by atoms with Crippen LogP contribution in [0.15, 0.2) is 42.9 Å². The van der Waals surface area contributed by atoms with Gasteiger partial charge in [0, 0.05) is 63.9 Å². The maximum absolute atomic E-state index is 12.7. The summed E-state index contributed by atoms with van der Waals surface area (Å²) in [6, 6.07) is 8.75. The first-order valence-corrected chi connectivity index (χ1v) is 11.5. The minimum absolute atomic E-state index is 0.0358. The molecule has 2 saturated heterocycles. The molecule has 0 saturated carbocycles. The maximum atomic E-state index is 12.7. The summed E-state index contributed by atoms with van der Waals surface area (Å²) in [7, 11) is 0. The van der Waals surface area contributed by atoms with E-state index >= 15 is 0 Å². The first-order valence-electron chi connectivity index (χ1n) is 11.5. The standard InChI is InChI=1S/C24H34N6O/c1-20-5-2-7-22(17-20)29-15-13-28(14-16-29)11-4-8-27-24(31)21-6-3-12-30(19-21)23-18-25-9-10-26-23/h2,5,7,9-10,17-18,21H,3-4,6,8,11-16,19H2,1H3,(H,27,31). The summed E-state index contributed by atoms with van der Waals surface area (Å²) in [5.41, 5.74) is 2.64. The van der Waals surface area contributed by atoms with Crippen LogP contribution in [0.25, 0.3) is 0 Å². The van der Waals surface area contributed by atoms with Crippen LogP contribution < -0.4 is 15.1 Å². The first-order chi connectivity index (χ1) is 15.2. The predicted molar refractivity (Wildman–Crippen MR) is 124 cm³/mol. The van der Waals surface area contributed by atoms with Gasteiger partial charge in [-0.05, 0) is 50.4 Å². The number of carbonyl (C=O) groups is 1. The zero-order valence-electron chi connectivity index (χ0n) is 18.5. The zero-order chi connectivity index (χ0) is 21.5. The molecule has 2 fully saturated rings. The molecular weight excluding hydrogens is 388 g/mol.